The third-order valence-electron chi connectivity index (χ3n) is 7.42. The Morgan fingerprint density at radius 1 is 1.11 bits per heavy atom. The molecule has 0 bridgehead atoms. The summed E-state index contributed by atoms with van der Waals surface area (Å²) in [7, 11) is 3.16. The minimum atomic E-state index is -0.413. The third-order valence-corrected chi connectivity index (χ3v) is 9.05. The van der Waals surface area contributed by atoms with Gasteiger partial charge in [-0.25, -0.2) is 14.2 Å². The van der Waals surface area contributed by atoms with E-state index >= 15 is 0 Å². The number of hydrogen-bond acceptors (Lipinski definition) is 7. The Morgan fingerprint density at radius 3 is 2.40 bits per heavy atom. The van der Waals surface area contributed by atoms with Crippen LogP contribution in [-0.2, 0) is 11.3 Å². The van der Waals surface area contributed by atoms with Crippen molar-refractivity contribution >= 4 is 50.8 Å². The Kier molecular flexibility index (Phi) is 11.3. The molecule has 0 unspecified atom stereocenters. The van der Waals surface area contributed by atoms with Crippen molar-refractivity contribution in [3.63, 3.8) is 0 Å². The number of rotatable bonds is 6. The van der Waals surface area contributed by atoms with Gasteiger partial charge in [0.15, 0.2) is 0 Å². The molecule has 1 aliphatic carbocycles. The summed E-state index contributed by atoms with van der Waals surface area (Å²) in [6.45, 7) is 5.82. The van der Waals surface area contributed by atoms with Crippen LogP contribution in [0, 0.1) is 5.82 Å². The molecule has 4 aromatic rings. The Balaban J connectivity index is 0.000000448. The number of halogens is 2. The van der Waals surface area contributed by atoms with E-state index in [0.717, 1.165) is 48.8 Å². The van der Waals surface area contributed by atoms with Gasteiger partial charge in [-0.15, -0.1) is 11.3 Å². The summed E-state index contributed by atoms with van der Waals surface area (Å²) in [5, 5.41) is 2.86. The minimum absolute atomic E-state index is 0.0731. The summed E-state index contributed by atoms with van der Waals surface area (Å²) in [4.78, 5) is 31.0. The van der Waals surface area contributed by atoms with Gasteiger partial charge in [0, 0.05) is 47.0 Å². The molecule has 0 atom stereocenters. The van der Waals surface area contributed by atoms with Crippen LogP contribution in [0.1, 0.15) is 68.1 Å². The second kappa shape index (κ2) is 14.9. The molecule has 11 heteroatoms. The van der Waals surface area contributed by atoms with Crippen molar-refractivity contribution in [2.75, 3.05) is 19.9 Å². The molecule has 45 heavy (non-hydrogen) atoms. The van der Waals surface area contributed by atoms with E-state index in [1.165, 1.54) is 24.5 Å². The number of ether oxygens (including phenoxy) is 2. The van der Waals surface area contributed by atoms with Gasteiger partial charge in [0.05, 0.1) is 12.1 Å². The zero-order chi connectivity index (χ0) is 32.7. The number of alkyl carbamates (subject to hydrolysis) is 1. The molecule has 1 fully saturated rings. The number of aromatic nitrogens is 1. The number of fused-ring (bicyclic) bond motifs is 1. The molecule has 2 aromatic heterocycles. The number of nitrogen functional groups attached to an aromatic ring is 1. The molecule has 1 aliphatic rings. The summed E-state index contributed by atoms with van der Waals surface area (Å²) in [6, 6.07) is 14.5. The van der Waals surface area contributed by atoms with Crippen LogP contribution in [0.15, 0.2) is 54.7 Å². The fourth-order valence-corrected chi connectivity index (χ4v) is 6.78. The zero-order valence-electron chi connectivity index (χ0n) is 26.3. The SMILES string of the molecule is CNC(=O)OC(C)(C)C.COc1ccc(-c2ccc(N)nc2)cc1CN(C(=O)c1sc2cccc(F)c2c1Cl)C1CCCCC1. The lowest BCUT2D eigenvalue weighted by Crippen LogP contribution is -2.40. The van der Waals surface area contributed by atoms with Gasteiger partial charge in [0.2, 0.25) is 0 Å². The van der Waals surface area contributed by atoms with Gasteiger partial charge in [-0.2, -0.15) is 0 Å². The number of nitrogens with zero attached hydrogens (tertiary/aromatic N) is 2. The van der Waals surface area contributed by atoms with Crippen molar-refractivity contribution in [2.45, 2.75) is 71.1 Å². The van der Waals surface area contributed by atoms with Crippen LogP contribution in [0.2, 0.25) is 5.02 Å². The van der Waals surface area contributed by atoms with Crippen LogP contribution >= 0.6 is 22.9 Å². The summed E-state index contributed by atoms with van der Waals surface area (Å²) in [5.74, 6) is 0.569. The predicted octanol–water partition coefficient (Wildman–Crippen LogP) is 8.46. The molecule has 0 saturated heterocycles. The highest BCUT2D eigenvalue weighted by Gasteiger charge is 2.31. The van der Waals surface area contributed by atoms with Crippen molar-refractivity contribution in [2.24, 2.45) is 0 Å². The third kappa shape index (κ3) is 8.64. The normalized spacial score (nSPS) is 13.5. The highest BCUT2D eigenvalue weighted by molar-refractivity contribution is 7.21. The molecule has 3 N–H and O–H groups in total. The van der Waals surface area contributed by atoms with E-state index < -0.39 is 5.82 Å². The molecule has 5 rings (SSSR count). The number of benzene rings is 2. The Labute approximate surface area is 272 Å². The quantitative estimate of drug-likeness (QED) is 0.216. The van der Waals surface area contributed by atoms with Crippen LogP contribution in [0.3, 0.4) is 0 Å². The number of amides is 2. The number of thiophene rings is 1. The summed E-state index contributed by atoms with van der Waals surface area (Å²) in [5.41, 5.74) is 8.13. The largest absolute Gasteiger partial charge is 0.496 e. The van der Waals surface area contributed by atoms with E-state index in [0.29, 0.717) is 33.1 Å². The Hall–Kier alpha value is -3.89. The van der Waals surface area contributed by atoms with Crippen LogP contribution in [-0.4, -0.2) is 47.7 Å². The standard InChI is InChI=1S/C28H27ClFN3O2S.C6H13NO2/c1-35-22-12-10-17(18-11-13-24(31)32-15-18)14-19(22)16-33(20-6-3-2-4-7-20)28(34)27-26(29)25-21(30)8-5-9-23(25)36-27;1-6(2,3)9-5(8)7-4/h5,8-15,20H,2-4,6-7,16H2,1H3,(H2,31,32);1-4H3,(H,7,8). The Bertz CT molecular complexity index is 1630. The smallest absolute Gasteiger partial charge is 0.407 e. The first-order valence-electron chi connectivity index (χ1n) is 14.9. The average molecular weight is 655 g/mol. The molecule has 1 saturated carbocycles. The molecule has 0 spiro atoms. The van der Waals surface area contributed by atoms with Crippen molar-refractivity contribution in [1.29, 1.82) is 0 Å². The number of carbonyl (C=O) groups excluding carboxylic acids is 2. The fourth-order valence-electron chi connectivity index (χ4n) is 5.27. The molecular formula is C34H40ClFN4O4S. The highest BCUT2D eigenvalue weighted by Crippen LogP contribution is 2.39. The lowest BCUT2D eigenvalue weighted by atomic mass is 9.93. The van der Waals surface area contributed by atoms with Gasteiger partial charge in [-0.1, -0.05) is 43.0 Å². The first kappa shape index (κ1) is 34.0. The van der Waals surface area contributed by atoms with Gasteiger partial charge >= 0.3 is 6.09 Å². The minimum Gasteiger partial charge on any atom is -0.496 e. The maximum Gasteiger partial charge on any atom is 0.407 e. The van der Waals surface area contributed by atoms with Crippen LogP contribution in [0.25, 0.3) is 21.2 Å². The first-order chi connectivity index (χ1) is 21.4. The zero-order valence-corrected chi connectivity index (χ0v) is 27.9. The monoisotopic (exact) mass is 654 g/mol. The average Bonchev–Trinajstić information content (AvgIpc) is 3.37. The summed E-state index contributed by atoms with van der Waals surface area (Å²) in [6.07, 6.45) is 6.49. The molecule has 240 valence electrons. The molecular weight excluding hydrogens is 615 g/mol. The maximum atomic E-state index is 14.5. The number of nitrogens with one attached hydrogen (secondary N) is 1. The summed E-state index contributed by atoms with van der Waals surface area (Å²) < 4.78 is 25.7. The molecule has 2 aromatic carbocycles. The molecule has 2 amide bonds. The van der Waals surface area contributed by atoms with E-state index in [2.05, 4.69) is 10.3 Å². The van der Waals surface area contributed by atoms with Crippen LogP contribution < -0.4 is 15.8 Å². The van der Waals surface area contributed by atoms with Crippen molar-refractivity contribution in [3.8, 4) is 16.9 Å². The number of methoxy groups -OCH3 is 1. The number of pyridine rings is 1. The molecule has 2 heterocycles. The maximum absolute atomic E-state index is 14.5. The van der Waals surface area contributed by atoms with E-state index in [4.69, 9.17) is 26.8 Å². The van der Waals surface area contributed by atoms with Gasteiger partial charge in [0.1, 0.15) is 27.9 Å². The molecule has 0 radical (unpaired) electrons. The van der Waals surface area contributed by atoms with Gasteiger partial charge < -0.3 is 25.4 Å². The molecule has 8 nitrogen and oxygen atoms in total. The lowest BCUT2D eigenvalue weighted by molar-refractivity contribution is 0.0540. The lowest BCUT2D eigenvalue weighted by Gasteiger charge is -2.34. The van der Waals surface area contributed by atoms with Crippen molar-refractivity contribution in [3.05, 3.63) is 76.0 Å². The number of anilines is 1. The van der Waals surface area contributed by atoms with E-state index in [-0.39, 0.29) is 28.7 Å². The van der Waals surface area contributed by atoms with Gasteiger partial charge in [-0.05, 0) is 75.6 Å². The van der Waals surface area contributed by atoms with E-state index in [1.807, 2.05) is 49.9 Å². The first-order valence-corrected chi connectivity index (χ1v) is 16.1. The van der Waals surface area contributed by atoms with E-state index in [1.54, 1.807) is 31.5 Å². The van der Waals surface area contributed by atoms with Crippen molar-refractivity contribution in [1.82, 2.24) is 15.2 Å². The number of nitrogens with two attached hydrogens (primary N) is 1. The van der Waals surface area contributed by atoms with Gasteiger partial charge in [0.25, 0.3) is 5.91 Å². The van der Waals surface area contributed by atoms with E-state index in [9.17, 15) is 14.0 Å². The topological polar surface area (TPSA) is 107 Å². The second-order valence-electron chi connectivity index (χ2n) is 11.8. The Morgan fingerprint density at radius 2 is 1.82 bits per heavy atom. The molecule has 0 aliphatic heterocycles. The number of carbonyl (C=O) groups is 2. The number of hydrogen-bond donors (Lipinski definition) is 2. The fraction of sp³-hybridized carbons (Fsp3) is 0.382. The highest BCUT2D eigenvalue weighted by atomic mass is 35.5. The summed E-state index contributed by atoms with van der Waals surface area (Å²) >= 11 is 7.85. The van der Waals surface area contributed by atoms with Crippen LogP contribution in [0.4, 0.5) is 15.0 Å². The van der Waals surface area contributed by atoms with Crippen molar-refractivity contribution < 1.29 is 23.5 Å². The second-order valence-corrected chi connectivity index (χ2v) is 13.3. The predicted molar refractivity (Wildman–Crippen MR) is 179 cm³/mol. The van der Waals surface area contributed by atoms with Gasteiger partial charge in [-0.3, -0.25) is 4.79 Å². The van der Waals surface area contributed by atoms with Crippen LogP contribution in [0.5, 0.6) is 5.75 Å².